The van der Waals surface area contributed by atoms with Crippen LogP contribution in [0.1, 0.15) is 34.8 Å². The first-order chi connectivity index (χ1) is 12.5. The molecule has 0 saturated carbocycles. The van der Waals surface area contributed by atoms with Gasteiger partial charge in [0.25, 0.3) is 0 Å². The molecule has 1 fully saturated rings. The number of Topliss-reactive ketones (excluding diaryl/α,β-unsaturated/α-hetero) is 1. The molecular weight excluding hydrogens is 333 g/mol. The standard InChI is InChI=1S/C20H22FN3O2/c1-23-11-12-24(14-18(23)15-4-6-17(21)7-5-15)20(26)9-8-19(25)16-3-2-10-22-13-16/h2-7,10,13,18H,8-9,11-12,14H2,1H3. The van der Waals surface area contributed by atoms with Crippen molar-refractivity contribution >= 4 is 11.7 Å². The number of pyridine rings is 1. The maximum absolute atomic E-state index is 13.2. The number of carbonyl (C=O) groups excluding carboxylic acids is 2. The summed E-state index contributed by atoms with van der Waals surface area (Å²) in [6.07, 6.45) is 3.50. The van der Waals surface area contributed by atoms with Crippen molar-refractivity contribution in [1.82, 2.24) is 14.8 Å². The lowest BCUT2D eigenvalue weighted by atomic mass is 10.0. The predicted molar refractivity (Wildman–Crippen MR) is 96.2 cm³/mol. The minimum Gasteiger partial charge on any atom is -0.339 e. The number of hydrogen-bond acceptors (Lipinski definition) is 4. The largest absolute Gasteiger partial charge is 0.339 e. The Bertz CT molecular complexity index is 764. The second kappa shape index (κ2) is 8.19. The van der Waals surface area contributed by atoms with Gasteiger partial charge in [-0.05, 0) is 36.9 Å². The van der Waals surface area contributed by atoms with Crippen molar-refractivity contribution < 1.29 is 14.0 Å². The number of hydrogen-bond donors (Lipinski definition) is 0. The second-order valence-corrected chi connectivity index (χ2v) is 6.55. The molecule has 2 heterocycles. The molecule has 0 radical (unpaired) electrons. The zero-order valence-electron chi connectivity index (χ0n) is 14.8. The quantitative estimate of drug-likeness (QED) is 0.774. The normalized spacial score (nSPS) is 17.9. The molecule has 0 N–H and O–H groups in total. The van der Waals surface area contributed by atoms with E-state index in [0.717, 1.165) is 12.1 Å². The van der Waals surface area contributed by atoms with E-state index in [2.05, 4.69) is 9.88 Å². The van der Waals surface area contributed by atoms with Crippen LogP contribution in [0.25, 0.3) is 0 Å². The highest BCUT2D eigenvalue weighted by Crippen LogP contribution is 2.24. The van der Waals surface area contributed by atoms with E-state index in [1.54, 1.807) is 35.4 Å². The SMILES string of the molecule is CN1CCN(C(=O)CCC(=O)c2cccnc2)CC1c1ccc(F)cc1. The number of nitrogens with zero attached hydrogens (tertiary/aromatic N) is 3. The summed E-state index contributed by atoms with van der Waals surface area (Å²) in [5, 5.41) is 0. The Labute approximate surface area is 152 Å². The Kier molecular flexibility index (Phi) is 5.73. The molecule has 136 valence electrons. The average Bonchev–Trinajstić information content (AvgIpc) is 2.67. The number of halogens is 1. The molecule has 3 rings (SSSR count). The fourth-order valence-corrected chi connectivity index (χ4v) is 3.20. The molecule has 1 aliphatic heterocycles. The summed E-state index contributed by atoms with van der Waals surface area (Å²) >= 11 is 0. The molecule has 1 aromatic carbocycles. The van der Waals surface area contributed by atoms with Crippen molar-refractivity contribution in [3.8, 4) is 0 Å². The summed E-state index contributed by atoms with van der Waals surface area (Å²) in [6, 6.07) is 9.85. The minimum absolute atomic E-state index is 0.0255. The number of aromatic nitrogens is 1. The Morgan fingerprint density at radius 2 is 1.92 bits per heavy atom. The van der Waals surface area contributed by atoms with Crippen LogP contribution in [0.4, 0.5) is 4.39 Å². The van der Waals surface area contributed by atoms with Crippen molar-refractivity contribution in [1.29, 1.82) is 0 Å². The number of benzene rings is 1. The lowest BCUT2D eigenvalue weighted by Gasteiger charge is -2.39. The average molecular weight is 355 g/mol. The van der Waals surface area contributed by atoms with Gasteiger partial charge in [-0.1, -0.05) is 12.1 Å². The van der Waals surface area contributed by atoms with Crippen LogP contribution in [0, 0.1) is 5.82 Å². The molecule has 0 spiro atoms. The fourth-order valence-electron chi connectivity index (χ4n) is 3.20. The third kappa shape index (κ3) is 4.32. The van der Waals surface area contributed by atoms with E-state index in [4.69, 9.17) is 0 Å². The van der Waals surface area contributed by atoms with Gasteiger partial charge in [0.15, 0.2) is 5.78 Å². The van der Waals surface area contributed by atoms with E-state index in [0.29, 0.717) is 18.7 Å². The van der Waals surface area contributed by atoms with E-state index in [-0.39, 0.29) is 36.4 Å². The van der Waals surface area contributed by atoms with Crippen LogP contribution in [-0.2, 0) is 4.79 Å². The maximum Gasteiger partial charge on any atom is 0.223 e. The predicted octanol–water partition coefficient (Wildman–Crippen LogP) is 2.70. The van der Waals surface area contributed by atoms with Gasteiger partial charge in [0.2, 0.25) is 5.91 Å². The molecule has 1 unspecified atom stereocenters. The summed E-state index contributed by atoms with van der Waals surface area (Å²) in [6.45, 7) is 1.92. The van der Waals surface area contributed by atoms with Crippen LogP contribution in [0.5, 0.6) is 0 Å². The van der Waals surface area contributed by atoms with Gasteiger partial charge < -0.3 is 4.90 Å². The Balaban J connectivity index is 1.59. The summed E-state index contributed by atoms with van der Waals surface area (Å²) in [5.74, 6) is -0.368. The smallest absolute Gasteiger partial charge is 0.223 e. The number of rotatable bonds is 5. The van der Waals surface area contributed by atoms with Crippen molar-refractivity contribution in [2.45, 2.75) is 18.9 Å². The zero-order chi connectivity index (χ0) is 18.5. The summed E-state index contributed by atoms with van der Waals surface area (Å²) in [7, 11) is 2.00. The van der Waals surface area contributed by atoms with Gasteiger partial charge in [0.05, 0.1) is 6.04 Å². The van der Waals surface area contributed by atoms with Gasteiger partial charge in [0, 0.05) is 50.4 Å². The molecule has 1 aliphatic rings. The molecule has 1 atom stereocenters. The van der Waals surface area contributed by atoms with Crippen molar-refractivity contribution in [2.24, 2.45) is 0 Å². The van der Waals surface area contributed by atoms with Crippen molar-refractivity contribution in [2.75, 3.05) is 26.7 Å². The molecular formula is C20H22FN3O2. The van der Waals surface area contributed by atoms with Crippen LogP contribution in [-0.4, -0.2) is 53.2 Å². The van der Waals surface area contributed by atoms with Crippen LogP contribution >= 0.6 is 0 Å². The summed E-state index contributed by atoms with van der Waals surface area (Å²) in [4.78, 5) is 32.6. The Hall–Kier alpha value is -2.60. The second-order valence-electron chi connectivity index (χ2n) is 6.55. The van der Waals surface area contributed by atoms with Crippen molar-refractivity contribution in [3.05, 3.63) is 65.7 Å². The van der Waals surface area contributed by atoms with Gasteiger partial charge in [-0.2, -0.15) is 0 Å². The summed E-state index contributed by atoms with van der Waals surface area (Å²) < 4.78 is 13.2. The molecule has 0 aliphatic carbocycles. The summed E-state index contributed by atoms with van der Waals surface area (Å²) in [5.41, 5.74) is 1.51. The number of likely N-dealkylation sites (N-methyl/N-ethyl adjacent to an activating group) is 1. The minimum atomic E-state index is -0.269. The Morgan fingerprint density at radius 3 is 2.62 bits per heavy atom. The third-order valence-corrected chi connectivity index (χ3v) is 4.80. The molecule has 2 aromatic rings. The van der Waals surface area contributed by atoms with Crippen LogP contribution in [0.3, 0.4) is 0 Å². The lowest BCUT2D eigenvalue weighted by Crippen LogP contribution is -2.49. The lowest BCUT2D eigenvalue weighted by molar-refractivity contribution is -0.134. The monoisotopic (exact) mass is 355 g/mol. The first kappa shape index (κ1) is 18.2. The maximum atomic E-state index is 13.2. The van der Waals surface area contributed by atoms with Gasteiger partial charge in [0.1, 0.15) is 5.82 Å². The van der Waals surface area contributed by atoms with Gasteiger partial charge in [-0.25, -0.2) is 4.39 Å². The van der Waals surface area contributed by atoms with E-state index >= 15 is 0 Å². The van der Waals surface area contributed by atoms with Crippen LogP contribution < -0.4 is 0 Å². The highest BCUT2D eigenvalue weighted by Gasteiger charge is 2.28. The number of carbonyl (C=O) groups is 2. The van der Waals surface area contributed by atoms with Gasteiger partial charge in [-0.15, -0.1) is 0 Å². The Morgan fingerprint density at radius 1 is 1.15 bits per heavy atom. The topological polar surface area (TPSA) is 53.5 Å². The van der Waals surface area contributed by atoms with E-state index in [1.807, 2.05) is 7.05 Å². The number of piperazine rings is 1. The molecule has 26 heavy (non-hydrogen) atoms. The molecule has 5 nitrogen and oxygen atoms in total. The number of amides is 1. The fraction of sp³-hybridized carbons (Fsp3) is 0.350. The molecule has 1 saturated heterocycles. The highest BCUT2D eigenvalue weighted by molar-refractivity contribution is 5.97. The highest BCUT2D eigenvalue weighted by atomic mass is 19.1. The molecule has 1 amide bonds. The van der Waals surface area contributed by atoms with Gasteiger partial charge >= 0.3 is 0 Å². The number of ketones is 1. The first-order valence-electron chi connectivity index (χ1n) is 8.71. The van der Waals surface area contributed by atoms with E-state index in [9.17, 15) is 14.0 Å². The zero-order valence-corrected chi connectivity index (χ0v) is 14.8. The van der Waals surface area contributed by atoms with Crippen molar-refractivity contribution in [3.63, 3.8) is 0 Å². The third-order valence-electron chi connectivity index (χ3n) is 4.80. The molecule has 1 aromatic heterocycles. The van der Waals surface area contributed by atoms with Crippen LogP contribution in [0.2, 0.25) is 0 Å². The van der Waals surface area contributed by atoms with E-state index < -0.39 is 0 Å². The molecule has 0 bridgehead atoms. The first-order valence-corrected chi connectivity index (χ1v) is 8.71. The van der Waals surface area contributed by atoms with E-state index in [1.165, 1.54) is 18.3 Å². The molecule has 6 heteroatoms. The van der Waals surface area contributed by atoms with Crippen LogP contribution in [0.15, 0.2) is 48.8 Å². The van der Waals surface area contributed by atoms with Gasteiger partial charge in [-0.3, -0.25) is 19.5 Å².